The van der Waals surface area contributed by atoms with E-state index in [1.54, 1.807) is 0 Å². The van der Waals surface area contributed by atoms with Crippen LogP contribution in [-0.4, -0.2) is 52.6 Å². The van der Waals surface area contributed by atoms with Gasteiger partial charge < -0.3 is 20.1 Å². The molecule has 2 aromatic heterocycles. The van der Waals surface area contributed by atoms with Gasteiger partial charge in [0, 0.05) is 19.2 Å². The van der Waals surface area contributed by atoms with E-state index in [1.807, 2.05) is 0 Å². The molecule has 6 aliphatic rings. The summed E-state index contributed by atoms with van der Waals surface area (Å²) < 4.78 is 63.4. The SMILES string of the molecule is COC(=O)C12C3C4C1C1C2C3C41CNC(=O)c1cc(C(=O)NCc2ccc(F)c(OC(F)F)c2)nc2c(F)cnn12. The van der Waals surface area contributed by atoms with Gasteiger partial charge in [0.15, 0.2) is 23.0 Å². The lowest BCUT2D eigenvalue weighted by Gasteiger charge is -3.10. The van der Waals surface area contributed by atoms with E-state index in [0.29, 0.717) is 42.1 Å². The van der Waals surface area contributed by atoms with Crippen LogP contribution in [0, 0.1) is 58.0 Å². The van der Waals surface area contributed by atoms with Crippen LogP contribution in [0.5, 0.6) is 5.75 Å². The molecule has 0 spiro atoms. The molecule has 10 nitrogen and oxygen atoms in total. The highest BCUT2D eigenvalue weighted by Gasteiger charge is 3.11. The number of halogens is 4. The number of esters is 1. The van der Waals surface area contributed by atoms with Crippen molar-refractivity contribution < 1.29 is 41.4 Å². The van der Waals surface area contributed by atoms with Gasteiger partial charge >= 0.3 is 12.6 Å². The summed E-state index contributed by atoms with van der Waals surface area (Å²) in [6.07, 6.45) is 0.883. The molecule has 0 unspecified atom stereocenters. The number of benzene rings is 1. The molecule has 41 heavy (non-hydrogen) atoms. The molecule has 0 saturated heterocycles. The van der Waals surface area contributed by atoms with Gasteiger partial charge in [0.2, 0.25) is 0 Å². The Balaban J connectivity index is 0.976. The summed E-state index contributed by atoms with van der Waals surface area (Å²) in [4.78, 5) is 42.5. The van der Waals surface area contributed by atoms with Crippen LogP contribution in [0.15, 0.2) is 30.5 Å². The zero-order valence-corrected chi connectivity index (χ0v) is 21.2. The molecule has 9 rings (SSSR count). The monoisotopic (exact) mass is 571 g/mol. The van der Waals surface area contributed by atoms with E-state index in [4.69, 9.17) is 4.74 Å². The molecule has 6 saturated carbocycles. The van der Waals surface area contributed by atoms with Crippen LogP contribution in [0.25, 0.3) is 5.65 Å². The quantitative estimate of drug-likeness (QED) is 0.298. The van der Waals surface area contributed by atoms with Crippen molar-refractivity contribution in [1.82, 2.24) is 25.2 Å². The minimum atomic E-state index is -3.23. The number of fused-ring (bicyclic) bond motifs is 1. The summed E-state index contributed by atoms with van der Waals surface area (Å²) in [5.74, 6) is -1.72. The highest BCUT2D eigenvalue weighted by atomic mass is 19.3. The largest absolute Gasteiger partial charge is 0.469 e. The average Bonchev–Trinajstić information content (AvgIpc) is 3.35. The molecule has 3 aromatic rings. The molecule has 212 valence electrons. The van der Waals surface area contributed by atoms with Crippen molar-refractivity contribution in [1.29, 1.82) is 0 Å². The Morgan fingerprint density at radius 1 is 1.00 bits per heavy atom. The molecule has 6 fully saturated rings. The smallest absolute Gasteiger partial charge is 0.387 e. The fourth-order valence-corrected chi connectivity index (χ4v) is 9.34. The second-order valence-electron chi connectivity index (χ2n) is 11.5. The number of carbonyl (C=O) groups is 3. The van der Waals surface area contributed by atoms with Crippen molar-refractivity contribution in [3.63, 3.8) is 0 Å². The van der Waals surface area contributed by atoms with Gasteiger partial charge in [-0.1, -0.05) is 6.07 Å². The number of ether oxygens (including phenoxy) is 2. The highest BCUT2D eigenvalue weighted by molar-refractivity contribution is 5.98. The molecule has 14 heteroatoms. The predicted molar refractivity (Wildman–Crippen MR) is 127 cm³/mol. The van der Waals surface area contributed by atoms with Gasteiger partial charge in [-0.05, 0) is 58.6 Å². The Hall–Kier alpha value is -4.23. The first-order valence-electron chi connectivity index (χ1n) is 13.1. The van der Waals surface area contributed by atoms with Crippen molar-refractivity contribution in [2.24, 2.45) is 46.3 Å². The normalized spacial score (nSPS) is 33.9. The van der Waals surface area contributed by atoms with Gasteiger partial charge in [0.05, 0.1) is 18.7 Å². The van der Waals surface area contributed by atoms with E-state index in [9.17, 15) is 31.9 Å². The lowest BCUT2D eigenvalue weighted by molar-refractivity contribution is -0.641. The van der Waals surface area contributed by atoms with Crippen LogP contribution in [0.3, 0.4) is 0 Å². The van der Waals surface area contributed by atoms with E-state index in [1.165, 1.54) is 19.2 Å². The summed E-state index contributed by atoms with van der Waals surface area (Å²) in [6.45, 7) is -3.03. The second-order valence-corrected chi connectivity index (χ2v) is 11.5. The minimum absolute atomic E-state index is 0.00477. The number of hydrogen-bond acceptors (Lipinski definition) is 7. The first-order chi connectivity index (χ1) is 19.7. The third-order valence-corrected chi connectivity index (χ3v) is 10.5. The number of aromatic nitrogens is 3. The predicted octanol–water partition coefficient (Wildman–Crippen LogP) is 2.18. The molecule has 2 N–H and O–H groups in total. The van der Waals surface area contributed by atoms with Crippen LogP contribution in [0.1, 0.15) is 26.5 Å². The molecule has 0 radical (unpaired) electrons. The fourth-order valence-electron chi connectivity index (χ4n) is 9.34. The maximum absolute atomic E-state index is 14.4. The Morgan fingerprint density at radius 3 is 2.37 bits per heavy atom. The molecular formula is C27H21F4N5O5. The molecule has 1 aromatic carbocycles. The highest BCUT2D eigenvalue weighted by Crippen LogP contribution is 3.10. The molecule has 0 atom stereocenters. The van der Waals surface area contributed by atoms with Crippen LogP contribution in [-0.2, 0) is 16.1 Å². The molecule has 6 aliphatic carbocycles. The Bertz CT molecular complexity index is 1650. The maximum Gasteiger partial charge on any atom is 0.387 e. The third kappa shape index (κ3) is 2.62. The van der Waals surface area contributed by atoms with Crippen LogP contribution in [0.2, 0.25) is 0 Å². The summed E-state index contributed by atoms with van der Waals surface area (Å²) in [5.41, 5.74) is -0.722. The van der Waals surface area contributed by atoms with Gasteiger partial charge in [-0.3, -0.25) is 14.4 Å². The lowest BCUT2D eigenvalue weighted by atomic mass is 8.92. The van der Waals surface area contributed by atoms with Crippen molar-refractivity contribution in [3.05, 3.63) is 59.0 Å². The zero-order chi connectivity index (χ0) is 28.6. The average molecular weight is 571 g/mol. The Kier molecular flexibility index (Phi) is 4.63. The maximum atomic E-state index is 14.4. The molecule has 0 bridgehead atoms. The van der Waals surface area contributed by atoms with Crippen LogP contribution < -0.4 is 15.4 Å². The number of rotatable bonds is 9. The number of nitrogens with one attached hydrogen (secondary N) is 2. The standard InChI is InChI=1S/C27H21F4N5O5/c1-40-24(39)27-18-15-19(27)17-20(27)16(18)26(15,17)8-33-23(38)13-5-12(35-21-11(29)7-34-36(13)21)22(37)32-6-9-2-3-10(28)14(4-9)41-25(30)31/h2-5,7,15-20,25H,6,8H2,1H3,(H,32,37)(H,33,38). The number of carbonyl (C=O) groups excluding carboxylic acids is 3. The summed E-state index contributed by atoms with van der Waals surface area (Å²) >= 11 is 0. The van der Waals surface area contributed by atoms with E-state index in [0.717, 1.165) is 22.8 Å². The third-order valence-electron chi connectivity index (χ3n) is 10.5. The number of hydrogen-bond donors (Lipinski definition) is 2. The van der Waals surface area contributed by atoms with Gasteiger partial charge in [0.25, 0.3) is 11.8 Å². The Labute approximate surface area is 228 Å². The topological polar surface area (TPSA) is 124 Å². The second kappa shape index (κ2) is 7.74. The summed E-state index contributed by atoms with van der Waals surface area (Å²) in [5, 5.41) is 9.33. The van der Waals surface area contributed by atoms with E-state index in [2.05, 4.69) is 25.5 Å². The van der Waals surface area contributed by atoms with Gasteiger partial charge in [-0.15, -0.1) is 0 Å². The zero-order valence-electron chi connectivity index (χ0n) is 21.2. The number of amides is 2. The van der Waals surface area contributed by atoms with E-state index in [-0.39, 0.29) is 45.9 Å². The van der Waals surface area contributed by atoms with Crippen molar-refractivity contribution >= 4 is 23.4 Å². The number of nitrogens with zero attached hydrogens (tertiary/aromatic N) is 3. The molecule has 2 heterocycles. The minimum Gasteiger partial charge on any atom is -0.469 e. The number of methoxy groups -OCH3 is 1. The van der Waals surface area contributed by atoms with Crippen molar-refractivity contribution in [2.75, 3.05) is 13.7 Å². The molecular weight excluding hydrogens is 550 g/mol. The fraction of sp³-hybridized carbons (Fsp3) is 0.444. The van der Waals surface area contributed by atoms with Gasteiger partial charge in [0.1, 0.15) is 11.4 Å². The Morgan fingerprint density at radius 2 is 1.71 bits per heavy atom. The van der Waals surface area contributed by atoms with Crippen molar-refractivity contribution in [2.45, 2.75) is 13.2 Å². The lowest BCUT2D eigenvalue weighted by Crippen LogP contribution is -3.11. The number of alkyl halides is 2. The first-order valence-corrected chi connectivity index (χ1v) is 13.1. The van der Waals surface area contributed by atoms with E-state index >= 15 is 0 Å². The van der Waals surface area contributed by atoms with Crippen LogP contribution >= 0.6 is 0 Å². The molecule has 2 amide bonds. The summed E-state index contributed by atoms with van der Waals surface area (Å²) in [6, 6.07) is 4.40. The van der Waals surface area contributed by atoms with Gasteiger partial charge in [-0.25, -0.2) is 18.3 Å². The first kappa shape index (κ1) is 24.6. The molecule has 0 aliphatic heterocycles. The van der Waals surface area contributed by atoms with Crippen LogP contribution in [0.4, 0.5) is 17.6 Å². The van der Waals surface area contributed by atoms with E-state index < -0.39 is 35.8 Å². The van der Waals surface area contributed by atoms with Gasteiger partial charge in [-0.2, -0.15) is 13.9 Å². The van der Waals surface area contributed by atoms with Crippen molar-refractivity contribution in [3.8, 4) is 5.75 Å². The summed E-state index contributed by atoms with van der Waals surface area (Å²) in [7, 11) is 1.42.